The Morgan fingerprint density at radius 1 is 0.500 bits per heavy atom. The number of benzene rings is 4. The molecule has 4 aromatic carbocycles. The van der Waals surface area contributed by atoms with Gasteiger partial charge in [0, 0.05) is 31.7 Å². The first kappa shape index (κ1) is 35.7. The molecule has 4 amide bonds. The number of halogens is 4. The molecule has 4 N–H and O–H groups in total. The molecule has 0 saturated carbocycles. The molecule has 18 heteroatoms. The van der Waals surface area contributed by atoms with Gasteiger partial charge in [-0.25, -0.2) is 18.7 Å². The first-order chi connectivity index (χ1) is 25.9. The van der Waals surface area contributed by atoms with E-state index < -0.39 is 46.4 Å². The van der Waals surface area contributed by atoms with Gasteiger partial charge in [-0.15, -0.1) is 0 Å². The SMILES string of the molecule is O=C(Nc1ccc(NC(=O)c2ncn3c(=O)c4c(C(=O)Nc5ccc(NC(=O)c6ccc(F)cc6Br)cc5)ncn4c(=O)c23)cc1)c1ccc(F)cc1Br. The van der Waals surface area contributed by atoms with E-state index in [1.54, 1.807) is 0 Å². The molecular weight excluding hydrogens is 838 g/mol. The van der Waals surface area contributed by atoms with Gasteiger partial charge in [0.05, 0.1) is 11.1 Å². The van der Waals surface area contributed by atoms with Crippen LogP contribution in [0.4, 0.5) is 31.5 Å². The van der Waals surface area contributed by atoms with E-state index in [2.05, 4.69) is 63.1 Å². The van der Waals surface area contributed by atoms with E-state index in [-0.39, 0.29) is 53.9 Å². The van der Waals surface area contributed by atoms with Crippen LogP contribution in [0.2, 0.25) is 0 Å². The molecule has 0 radical (unpaired) electrons. The van der Waals surface area contributed by atoms with Crippen molar-refractivity contribution in [2.75, 3.05) is 21.3 Å². The van der Waals surface area contributed by atoms with E-state index in [0.717, 1.165) is 45.7 Å². The predicted molar refractivity (Wildman–Crippen MR) is 201 cm³/mol. The highest BCUT2D eigenvalue weighted by molar-refractivity contribution is 9.10. The van der Waals surface area contributed by atoms with Crippen molar-refractivity contribution >= 4 is 89.3 Å². The topological polar surface area (TPSA) is 185 Å². The molecule has 0 aliphatic heterocycles. The lowest BCUT2D eigenvalue weighted by Crippen LogP contribution is -2.28. The van der Waals surface area contributed by atoms with E-state index in [9.17, 15) is 37.5 Å². The van der Waals surface area contributed by atoms with E-state index >= 15 is 0 Å². The van der Waals surface area contributed by atoms with Crippen molar-refractivity contribution < 1.29 is 28.0 Å². The smallest absolute Gasteiger partial charge is 0.283 e. The molecule has 0 saturated heterocycles. The van der Waals surface area contributed by atoms with Crippen molar-refractivity contribution in [2.45, 2.75) is 0 Å². The van der Waals surface area contributed by atoms with E-state index in [4.69, 9.17) is 0 Å². The number of carbonyl (C=O) groups is 4. The van der Waals surface area contributed by atoms with Gasteiger partial charge in [-0.05, 0) is 117 Å². The zero-order valence-electron chi connectivity index (χ0n) is 27.0. The van der Waals surface area contributed by atoms with Crippen molar-refractivity contribution in [1.29, 1.82) is 0 Å². The van der Waals surface area contributed by atoms with Crippen LogP contribution < -0.4 is 32.4 Å². The van der Waals surface area contributed by atoms with Crippen LogP contribution >= 0.6 is 31.9 Å². The molecule has 3 aromatic heterocycles. The van der Waals surface area contributed by atoms with Crippen LogP contribution in [0, 0.1) is 11.6 Å². The molecule has 0 fully saturated rings. The van der Waals surface area contributed by atoms with Crippen molar-refractivity contribution in [2.24, 2.45) is 0 Å². The van der Waals surface area contributed by atoms with Crippen molar-refractivity contribution in [3.05, 3.63) is 161 Å². The highest BCUT2D eigenvalue weighted by atomic mass is 79.9. The van der Waals surface area contributed by atoms with Crippen LogP contribution in [-0.4, -0.2) is 42.4 Å². The van der Waals surface area contributed by atoms with Crippen molar-refractivity contribution in [1.82, 2.24) is 18.8 Å². The number of anilines is 4. The van der Waals surface area contributed by atoms with Gasteiger partial charge in [-0.1, -0.05) is 0 Å². The van der Waals surface area contributed by atoms with Crippen LogP contribution in [0.15, 0.2) is 116 Å². The molecule has 0 atom stereocenters. The summed E-state index contributed by atoms with van der Waals surface area (Å²) in [5.41, 5.74) is -1.40. The Labute approximate surface area is 317 Å². The Bertz CT molecular complexity index is 2600. The number of imidazole rings is 2. The van der Waals surface area contributed by atoms with Crippen LogP contribution in [0.1, 0.15) is 41.7 Å². The Balaban J connectivity index is 1.05. The molecule has 7 rings (SSSR count). The lowest BCUT2D eigenvalue weighted by atomic mass is 10.2. The third-order valence-electron chi connectivity index (χ3n) is 7.96. The summed E-state index contributed by atoms with van der Waals surface area (Å²) < 4.78 is 29.0. The Morgan fingerprint density at radius 2 is 0.815 bits per heavy atom. The molecule has 0 unspecified atom stereocenters. The summed E-state index contributed by atoms with van der Waals surface area (Å²) in [6, 6.07) is 19.3. The fourth-order valence-corrected chi connectivity index (χ4v) is 6.43. The molecular formula is C36H20Br2F2N8O6. The molecule has 54 heavy (non-hydrogen) atoms. The van der Waals surface area contributed by atoms with Crippen LogP contribution in [0.3, 0.4) is 0 Å². The maximum atomic E-state index is 13.5. The largest absolute Gasteiger partial charge is 0.322 e. The van der Waals surface area contributed by atoms with Gasteiger partial charge in [0.2, 0.25) is 0 Å². The third-order valence-corrected chi connectivity index (χ3v) is 9.27. The quantitative estimate of drug-likeness (QED) is 0.144. The third kappa shape index (κ3) is 6.94. The summed E-state index contributed by atoms with van der Waals surface area (Å²) in [7, 11) is 0. The number of rotatable bonds is 8. The zero-order valence-corrected chi connectivity index (χ0v) is 30.2. The Morgan fingerprint density at radius 3 is 1.13 bits per heavy atom. The van der Waals surface area contributed by atoms with Crippen LogP contribution in [-0.2, 0) is 0 Å². The molecule has 0 aliphatic rings. The fraction of sp³-hybridized carbons (Fsp3) is 0. The minimum atomic E-state index is -0.836. The maximum Gasteiger partial charge on any atom is 0.283 e. The standard InChI is InChI=1S/C36H20Br2F2N8O6/c37-25-13-17(39)1-11-23(25)31(49)43-19-3-7-21(8-4-19)45-33(51)27-29-35(53)48-16-42-28(30(48)36(54)47(29)15-41-27)34(52)46-22-9-5-20(6-10-22)44-32(50)24-12-2-18(40)14-26(24)38/h1-16H,(H,43,49)(H,44,50)(H,45,51)(H,46,52). The number of nitrogens with zero attached hydrogens (tertiary/aromatic N) is 4. The highest BCUT2D eigenvalue weighted by Crippen LogP contribution is 2.23. The maximum absolute atomic E-state index is 13.5. The van der Waals surface area contributed by atoms with Gasteiger partial charge in [0.25, 0.3) is 34.7 Å². The lowest BCUT2D eigenvalue weighted by Gasteiger charge is -2.09. The summed E-state index contributed by atoms with van der Waals surface area (Å²) in [4.78, 5) is 86.8. The number of amides is 4. The highest BCUT2D eigenvalue weighted by Gasteiger charge is 2.25. The van der Waals surface area contributed by atoms with Gasteiger partial charge in [0.15, 0.2) is 11.4 Å². The molecule has 0 aliphatic carbocycles. The number of hydrogen-bond acceptors (Lipinski definition) is 8. The minimum absolute atomic E-state index is 0.208. The average Bonchev–Trinajstić information content (AvgIpc) is 3.79. The van der Waals surface area contributed by atoms with Gasteiger partial charge in [-0.3, -0.25) is 37.6 Å². The predicted octanol–water partition coefficient (Wildman–Crippen LogP) is 5.95. The van der Waals surface area contributed by atoms with Gasteiger partial charge >= 0.3 is 0 Å². The van der Waals surface area contributed by atoms with E-state index in [1.165, 1.54) is 60.7 Å². The zero-order chi connectivity index (χ0) is 38.3. The fourth-order valence-electron chi connectivity index (χ4n) is 5.37. The first-order valence-corrected chi connectivity index (χ1v) is 17.1. The summed E-state index contributed by atoms with van der Waals surface area (Å²) in [5, 5.41) is 10.5. The second-order valence-corrected chi connectivity index (χ2v) is 13.2. The van der Waals surface area contributed by atoms with E-state index in [0.29, 0.717) is 11.4 Å². The van der Waals surface area contributed by atoms with Crippen molar-refractivity contribution in [3.8, 4) is 0 Å². The first-order valence-electron chi connectivity index (χ1n) is 15.5. The molecule has 3 heterocycles. The monoisotopic (exact) mass is 856 g/mol. The van der Waals surface area contributed by atoms with E-state index in [1.807, 2.05) is 0 Å². The van der Waals surface area contributed by atoms with Gasteiger partial charge in [-0.2, -0.15) is 0 Å². The molecule has 7 aromatic rings. The molecule has 0 spiro atoms. The van der Waals surface area contributed by atoms with Crippen molar-refractivity contribution in [3.63, 3.8) is 0 Å². The normalized spacial score (nSPS) is 11.0. The summed E-state index contributed by atoms with van der Waals surface area (Å²) in [5.74, 6) is -3.65. The second kappa shape index (κ2) is 14.4. The molecule has 268 valence electrons. The molecule has 0 bridgehead atoms. The van der Waals surface area contributed by atoms with Crippen LogP contribution in [0.25, 0.3) is 11.0 Å². The Kier molecular flexibility index (Phi) is 9.53. The minimum Gasteiger partial charge on any atom is -0.322 e. The number of fused-ring (bicyclic) bond motifs is 2. The Hall–Kier alpha value is -6.66. The lowest BCUT2D eigenvalue weighted by molar-refractivity contribution is 0.101. The number of carbonyl (C=O) groups excluding carboxylic acids is 4. The summed E-state index contributed by atoms with van der Waals surface area (Å²) in [6.45, 7) is 0. The number of aromatic nitrogens is 4. The van der Waals surface area contributed by atoms with Crippen LogP contribution in [0.5, 0.6) is 0 Å². The molecule has 14 nitrogen and oxygen atoms in total. The summed E-state index contributed by atoms with van der Waals surface area (Å²) >= 11 is 6.31. The number of hydrogen-bond donors (Lipinski definition) is 4. The average molecular weight is 858 g/mol. The van der Waals surface area contributed by atoms with Gasteiger partial charge < -0.3 is 21.3 Å². The summed E-state index contributed by atoms with van der Waals surface area (Å²) in [6.07, 6.45) is 1.98. The number of nitrogens with one attached hydrogen (secondary N) is 4. The van der Waals surface area contributed by atoms with Gasteiger partial charge in [0.1, 0.15) is 35.3 Å². The second-order valence-electron chi connectivity index (χ2n) is 11.5.